The van der Waals surface area contributed by atoms with Crippen molar-refractivity contribution in [2.45, 2.75) is 25.1 Å². The third kappa shape index (κ3) is 7.74. The summed E-state index contributed by atoms with van der Waals surface area (Å²) in [5.41, 5.74) is 9.92. The molecule has 8 heteroatoms. The van der Waals surface area contributed by atoms with E-state index in [1.165, 1.54) is 0 Å². The van der Waals surface area contributed by atoms with Gasteiger partial charge < -0.3 is 16.8 Å². The van der Waals surface area contributed by atoms with Crippen molar-refractivity contribution in [3.63, 3.8) is 0 Å². The fourth-order valence-corrected chi connectivity index (χ4v) is 0.768. The number of carbonyl (C=O) groups excluding carboxylic acids is 2. The molecular weight excluding hydrogens is 215 g/mol. The van der Waals surface area contributed by atoms with Crippen LogP contribution in [0, 0.1) is 0 Å². The Morgan fingerprint density at radius 3 is 2.27 bits per heavy atom. The van der Waals surface area contributed by atoms with Crippen LogP contribution in [0.1, 0.15) is 12.8 Å². The summed E-state index contributed by atoms with van der Waals surface area (Å²) in [6.45, 7) is -0.561. The van der Waals surface area contributed by atoms with E-state index in [9.17, 15) is 22.8 Å². The summed E-state index contributed by atoms with van der Waals surface area (Å²) in [7, 11) is 0. The maximum atomic E-state index is 11.7. The summed E-state index contributed by atoms with van der Waals surface area (Å²) in [5.74, 6) is -1.61. The van der Waals surface area contributed by atoms with E-state index in [2.05, 4.69) is 0 Å². The number of rotatable bonds is 5. The first kappa shape index (κ1) is 13.7. The molecule has 0 aliphatic heterocycles. The second-order valence-corrected chi connectivity index (χ2v) is 2.93. The molecule has 0 fully saturated rings. The lowest BCUT2D eigenvalue weighted by molar-refractivity contribution is -0.136. The monoisotopic (exact) mass is 227 g/mol. The highest BCUT2D eigenvalue weighted by Crippen LogP contribution is 2.18. The molecule has 5 N–H and O–H groups in total. The van der Waals surface area contributed by atoms with Crippen molar-refractivity contribution >= 4 is 11.8 Å². The van der Waals surface area contributed by atoms with Gasteiger partial charge in [-0.15, -0.1) is 0 Å². The molecule has 0 bridgehead atoms. The molecule has 0 radical (unpaired) electrons. The van der Waals surface area contributed by atoms with Crippen molar-refractivity contribution in [2.75, 3.05) is 6.54 Å². The van der Waals surface area contributed by atoms with Crippen molar-refractivity contribution in [1.29, 1.82) is 0 Å². The minimum atomic E-state index is -4.33. The third-order valence-electron chi connectivity index (χ3n) is 1.47. The number of halogens is 3. The molecule has 0 heterocycles. The zero-order valence-corrected chi connectivity index (χ0v) is 7.80. The smallest absolute Gasteiger partial charge is 0.370 e. The molecule has 0 spiro atoms. The molecule has 2 amide bonds. The van der Waals surface area contributed by atoms with Crippen LogP contribution in [0.2, 0.25) is 0 Å². The molecule has 0 aromatic rings. The van der Waals surface area contributed by atoms with E-state index in [1.807, 2.05) is 5.32 Å². The number of hydrogen-bond donors (Lipinski definition) is 3. The molecule has 0 aromatic carbocycles. The Bertz CT molecular complexity index is 242. The molecule has 0 aliphatic carbocycles. The number of alkyl halides is 3. The molecule has 1 unspecified atom stereocenters. The normalized spacial score (nSPS) is 13.3. The van der Waals surface area contributed by atoms with E-state index in [-0.39, 0.29) is 0 Å². The molecule has 0 rings (SSSR count). The van der Waals surface area contributed by atoms with Gasteiger partial charge in [0.05, 0.1) is 18.9 Å². The quantitative estimate of drug-likeness (QED) is 0.576. The van der Waals surface area contributed by atoms with Crippen molar-refractivity contribution < 1.29 is 22.8 Å². The van der Waals surface area contributed by atoms with Crippen LogP contribution in [0.5, 0.6) is 0 Å². The van der Waals surface area contributed by atoms with Gasteiger partial charge in [0.1, 0.15) is 0 Å². The van der Waals surface area contributed by atoms with E-state index < -0.39 is 43.4 Å². The molecule has 0 aromatic heterocycles. The van der Waals surface area contributed by atoms with E-state index in [0.717, 1.165) is 0 Å². The third-order valence-corrected chi connectivity index (χ3v) is 1.47. The van der Waals surface area contributed by atoms with Gasteiger partial charge in [-0.1, -0.05) is 0 Å². The van der Waals surface area contributed by atoms with E-state index in [4.69, 9.17) is 11.5 Å². The van der Waals surface area contributed by atoms with Gasteiger partial charge >= 0.3 is 6.18 Å². The maximum Gasteiger partial charge on any atom is 0.390 e. The Morgan fingerprint density at radius 2 is 1.87 bits per heavy atom. The first-order valence-corrected chi connectivity index (χ1v) is 4.10. The zero-order valence-electron chi connectivity index (χ0n) is 7.80. The van der Waals surface area contributed by atoms with E-state index in [0.29, 0.717) is 0 Å². The lowest BCUT2D eigenvalue weighted by Gasteiger charge is -2.11. The number of nitrogens with two attached hydrogens (primary N) is 2. The van der Waals surface area contributed by atoms with Crippen molar-refractivity contribution in [3.8, 4) is 0 Å². The first-order valence-electron chi connectivity index (χ1n) is 4.10. The van der Waals surface area contributed by atoms with Crippen LogP contribution in [0.15, 0.2) is 0 Å². The van der Waals surface area contributed by atoms with Gasteiger partial charge in [0.15, 0.2) is 0 Å². The molecule has 0 saturated carbocycles. The fourth-order valence-electron chi connectivity index (χ4n) is 0.768. The van der Waals surface area contributed by atoms with Crippen molar-refractivity contribution in [1.82, 2.24) is 5.32 Å². The Morgan fingerprint density at radius 1 is 1.33 bits per heavy atom. The second kappa shape index (κ2) is 5.54. The van der Waals surface area contributed by atoms with Gasteiger partial charge in [-0.05, 0) is 0 Å². The van der Waals surface area contributed by atoms with Gasteiger partial charge in [-0.25, -0.2) is 0 Å². The Kier molecular flexibility index (Phi) is 5.06. The summed E-state index contributed by atoms with van der Waals surface area (Å²) < 4.78 is 35.0. The lowest BCUT2D eigenvalue weighted by Crippen LogP contribution is -2.43. The predicted octanol–water partition coefficient (Wildman–Crippen LogP) is -0.742. The summed E-state index contributed by atoms with van der Waals surface area (Å²) in [5, 5.41) is 1.95. The Hall–Kier alpha value is -1.31. The molecule has 1 atom stereocenters. The SMILES string of the molecule is NC(=O)CC(N)C(=O)NCCC(F)(F)F. The van der Waals surface area contributed by atoms with Crippen LogP contribution >= 0.6 is 0 Å². The Labute approximate surface area is 84.0 Å². The molecule has 0 saturated heterocycles. The number of hydrogen-bond acceptors (Lipinski definition) is 3. The average molecular weight is 227 g/mol. The second-order valence-electron chi connectivity index (χ2n) is 2.93. The molecule has 88 valence electrons. The summed E-state index contributed by atoms with van der Waals surface area (Å²) in [6, 6.07) is -1.20. The highest BCUT2D eigenvalue weighted by Gasteiger charge is 2.27. The van der Waals surface area contributed by atoms with Gasteiger partial charge in [0, 0.05) is 6.54 Å². The van der Waals surface area contributed by atoms with Gasteiger partial charge in [-0.2, -0.15) is 13.2 Å². The summed E-state index contributed by atoms with van der Waals surface area (Å²) in [4.78, 5) is 21.3. The molecule has 15 heavy (non-hydrogen) atoms. The van der Waals surface area contributed by atoms with Crippen LogP contribution in [0.3, 0.4) is 0 Å². The fraction of sp³-hybridized carbons (Fsp3) is 0.714. The number of primary amides is 1. The largest absolute Gasteiger partial charge is 0.390 e. The standard InChI is InChI=1S/C7H12F3N3O2/c8-7(9,10)1-2-13-6(15)4(11)3-5(12)14/h4H,1-3,11H2,(H2,12,14)(H,13,15). The number of amides is 2. The van der Waals surface area contributed by atoms with E-state index >= 15 is 0 Å². The van der Waals surface area contributed by atoms with Crippen molar-refractivity contribution in [2.24, 2.45) is 11.5 Å². The summed E-state index contributed by atoms with van der Waals surface area (Å²) >= 11 is 0. The highest BCUT2D eigenvalue weighted by molar-refractivity contribution is 5.87. The summed E-state index contributed by atoms with van der Waals surface area (Å²) in [6.07, 6.45) is -5.86. The molecular formula is C7H12F3N3O2. The highest BCUT2D eigenvalue weighted by atomic mass is 19.4. The predicted molar refractivity (Wildman–Crippen MR) is 45.5 cm³/mol. The van der Waals surface area contributed by atoms with Crippen LogP contribution in [0.25, 0.3) is 0 Å². The maximum absolute atomic E-state index is 11.7. The minimum absolute atomic E-state index is 0.391. The van der Waals surface area contributed by atoms with Gasteiger partial charge in [0.25, 0.3) is 0 Å². The topological polar surface area (TPSA) is 98.2 Å². The number of nitrogens with one attached hydrogen (secondary N) is 1. The minimum Gasteiger partial charge on any atom is -0.370 e. The van der Waals surface area contributed by atoms with Crippen LogP contribution in [-0.4, -0.2) is 30.6 Å². The Balaban J connectivity index is 3.79. The first-order chi connectivity index (χ1) is 6.72. The van der Waals surface area contributed by atoms with E-state index in [1.54, 1.807) is 0 Å². The molecule has 5 nitrogen and oxygen atoms in total. The van der Waals surface area contributed by atoms with Crippen molar-refractivity contribution in [3.05, 3.63) is 0 Å². The lowest BCUT2D eigenvalue weighted by atomic mass is 10.2. The number of carbonyl (C=O) groups is 2. The molecule has 0 aliphatic rings. The van der Waals surface area contributed by atoms with Gasteiger partial charge in [-0.3, -0.25) is 9.59 Å². The zero-order chi connectivity index (χ0) is 12.1. The average Bonchev–Trinajstić information content (AvgIpc) is 2.00. The van der Waals surface area contributed by atoms with Crippen LogP contribution in [0.4, 0.5) is 13.2 Å². The van der Waals surface area contributed by atoms with Crippen LogP contribution < -0.4 is 16.8 Å². The van der Waals surface area contributed by atoms with Crippen LogP contribution in [-0.2, 0) is 9.59 Å². The van der Waals surface area contributed by atoms with Gasteiger partial charge in [0.2, 0.25) is 11.8 Å².